The summed E-state index contributed by atoms with van der Waals surface area (Å²) in [5.41, 5.74) is 2.83. The van der Waals surface area contributed by atoms with Gasteiger partial charge in [-0.2, -0.15) is 4.98 Å². The molecule has 0 aliphatic rings. The first-order valence-corrected chi connectivity index (χ1v) is 6.99. The van der Waals surface area contributed by atoms with Crippen molar-refractivity contribution in [3.8, 4) is 11.4 Å². The minimum atomic E-state index is -0.176. The van der Waals surface area contributed by atoms with Gasteiger partial charge >= 0.3 is 0 Å². The Bertz CT molecular complexity index is 732. The second-order valence-electron chi connectivity index (χ2n) is 4.83. The Hall–Kier alpha value is -2.21. The summed E-state index contributed by atoms with van der Waals surface area (Å²) < 4.78 is 6.87. The van der Waals surface area contributed by atoms with Crippen LogP contribution in [0.3, 0.4) is 0 Å². The molecule has 3 rings (SSSR count). The van der Waals surface area contributed by atoms with Gasteiger partial charge in [-0.3, -0.25) is 0 Å². The number of hydrogen-bond acceptors (Lipinski definition) is 5. The van der Waals surface area contributed by atoms with Crippen LogP contribution in [0.4, 0.5) is 0 Å². The summed E-state index contributed by atoms with van der Waals surface area (Å²) in [7, 11) is 0. The van der Waals surface area contributed by atoms with Crippen LogP contribution in [0, 0.1) is 6.92 Å². The highest BCUT2D eigenvalue weighted by Gasteiger charge is 2.11. The lowest BCUT2D eigenvalue weighted by molar-refractivity contribution is 0.364. The van der Waals surface area contributed by atoms with Crippen LogP contribution >= 0.6 is 11.6 Å². The first kappa shape index (κ1) is 13.8. The highest BCUT2D eigenvalue weighted by atomic mass is 35.5. The first-order chi connectivity index (χ1) is 10.1. The average molecular weight is 304 g/mol. The number of aromatic nitrogens is 5. The van der Waals surface area contributed by atoms with Crippen LogP contribution in [0.1, 0.15) is 29.4 Å². The second-order valence-corrected chi connectivity index (χ2v) is 5.49. The fourth-order valence-electron chi connectivity index (χ4n) is 1.85. The molecular formula is C14H14ClN5O. The first-order valence-electron chi connectivity index (χ1n) is 6.55. The topological polar surface area (TPSA) is 69.6 Å². The van der Waals surface area contributed by atoms with Gasteiger partial charge in [0, 0.05) is 5.56 Å². The molecule has 0 saturated carbocycles. The van der Waals surface area contributed by atoms with Crippen LogP contribution in [0.15, 0.2) is 35.0 Å². The van der Waals surface area contributed by atoms with Gasteiger partial charge in [-0.1, -0.05) is 40.2 Å². The molecule has 1 aromatic carbocycles. The average Bonchev–Trinajstić information content (AvgIpc) is 3.10. The van der Waals surface area contributed by atoms with Gasteiger partial charge in [-0.15, -0.1) is 16.7 Å². The molecule has 21 heavy (non-hydrogen) atoms. The van der Waals surface area contributed by atoms with E-state index in [1.807, 2.05) is 38.1 Å². The van der Waals surface area contributed by atoms with Crippen LogP contribution < -0.4 is 0 Å². The number of alkyl halides is 1. The minimum Gasteiger partial charge on any atom is -0.337 e. The summed E-state index contributed by atoms with van der Waals surface area (Å²) in [6, 6.07) is 7.95. The number of hydrogen-bond donors (Lipinski definition) is 0. The summed E-state index contributed by atoms with van der Waals surface area (Å²) in [5, 5.41) is 11.8. The molecular weight excluding hydrogens is 290 g/mol. The minimum absolute atomic E-state index is 0.176. The van der Waals surface area contributed by atoms with Crippen molar-refractivity contribution in [2.24, 2.45) is 0 Å². The van der Waals surface area contributed by atoms with E-state index in [0.717, 1.165) is 11.3 Å². The number of nitrogens with zero attached hydrogens (tertiary/aromatic N) is 5. The van der Waals surface area contributed by atoms with Crippen molar-refractivity contribution in [1.82, 2.24) is 25.1 Å². The highest BCUT2D eigenvalue weighted by Crippen LogP contribution is 2.18. The Labute approximate surface area is 126 Å². The maximum absolute atomic E-state index is 5.95. The molecule has 0 aliphatic heterocycles. The van der Waals surface area contributed by atoms with Crippen LogP contribution in [0.2, 0.25) is 0 Å². The lowest BCUT2D eigenvalue weighted by atomic mass is 10.1. The molecule has 2 aromatic heterocycles. The van der Waals surface area contributed by atoms with Crippen molar-refractivity contribution in [3.05, 3.63) is 47.6 Å². The van der Waals surface area contributed by atoms with Crippen molar-refractivity contribution in [1.29, 1.82) is 0 Å². The van der Waals surface area contributed by atoms with E-state index in [-0.39, 0.29) is 5.38 Å². The van der Waals surface area contributed by atoms with Crippen LogP contribution in [-0.4, -0.2) is 25.1 Å². The zero-order chi connectivity index (χ0) is 14.8. The largest absolute Gasteiger partial charge is 0.337 e. The van der Waals surface area contributed by atoms with Crippen LogP contribution in [-0.2, 0) is 6.54 Å². The van der Waals surface area contributed by atoms with E-state index >= 15 is 0 Å². The maximum atomic E-state index is 5.95. The molecule has 0 bridgehead atoms. The summed E-state index contributed by atoms with van der Waals surface area (Å²) in [5.74, 6) is 1.04. The van der Waals surface area contributed by atoms with Crippen molar-refractivity contribution in [3.63, 3.8) is 0 Å². The molecule has 0 N–H and O–H groups in total. The smallest absolute Gasteiger partial charge is 0.248 e. The van der Waals surface area contributed by atoms with Crippen LogP contribution in [0.5, 0.6) is 0 Å². The standard InChI is InChI=1S/C14H14ClN5O/c1-9-3-5-11(6-4-9)14-16-13(21-18-14)8-20-7-12(10(2)15)17-19-20/h3-7,10H,8H2,1-2H3. The van der Waals surface area contributed by atoms with Crippen molar-refractivity contribution < 1.29 is 4.52 Å². The predicted octanol–water partition coefficient (Wildman–Crippen LogP) is 2.98. The van der Waals surface area contributed by atoms with E-state index < -0.39 is 0 Å². The van der Waals surface area contributed by atoms with Gasteiger partial charge in [0.15, 0.2) is 0 Å². The molecule has 7 heteroatoms. The summed E-state index contributed by atoms with van der Waals surface area (Å²) in [6.45, 7) is 4.25. The monoisotopic (exact) mass is 303 g/mol. The third-order valence-electron chi connectivity index (χ3n) is 3.04. The predicted molar refractivity (Wildman–Crippen MR) is 77.9 cm³/mol. The molecule has 0 spiro atoms. The molecule has 0 saturated heterocycles. The van der Waals surface area contributed by atoms with E-state index in [0.29, 0.717) is 18.3 Å². The number of halogens is 1. The zero-order valence-corrected chi connectivity index (χ0v) is 12.4. The van der Waals surface area contributed by atoms with Gasteiger partial charge < -0.3 is 4.52 Å². The van der Waals surface area contributed by atoms with E-state index in [4.69, 9.17) is 16.1 Å². The molecule has 0 fully saturated rings. The van der Waals surface area contributed by atoms with Gasteiger partial charge in [-0.25, -0.2) is 4.68 Å². The Morgan fingerprint density at radius 2 is 2.05 bits per heavy atom. The lowest BCUT2D eigenvalue weighted by Crippen LogP contribution is -2.00. The molecule has 0 aliphatic carbocycles. The third kappa shape index (κ3) is 3.11. The summed E-state index contributed by atoms with van der Waals surface area (Å²) in [6.07, 6.45) is 1.77. The van der Waals surface area contributed by atoms with E-state index in [1.165, 1.54) is 5.56 Å². The van der Waals surface area contributed by atoms with E-state index in [1.54, 1.807) is 10.9 Å². The Kier molecular flexibility index (Phi) is 3.70. The maximum Gasteiger partial charge on any atom is 0.248 e. The van der Waals surface area contributed by atoms with Crippen molar-refractivity contribution in [2.75, 3.05) is 0 Å². The van der Waals surface area contributed by atoms with Crippen molar-refractivity contribution >= 4 is 11.6 Å². The molecule has 2 heterocycles. The molecule has 108 valence electrons. The SMILES string of the molecule is Cc1ccc(-c2noc(Cn3cc(C(C)Cl)nn3)n2)cc1. The van der Waals surface area contributed by atoms with Gasteiger partial charge in [0.25, 0.3) is 0 Å². The number of aryl methyl sites for hydroxylation is 1. The van der Waals surface area contributed by atoms with Crippen LogP contribution in [0.25, 0.3) is 11.4 Å². The lowest BCUT2D eigenvalue weighted by Gasteiger charge is -1.95. The number of benzene rings is 1. The fourth-order valence-corrected chi connectivity index (χ4v) is 1.95. The third-order valence-corrected chi connectivity index (χ3v) is 3.26. The molecule has 0 radical (unpaired) electrons. The van der Waals surface area contributed by atoms with E-state index in [9.17, 15) is 0 Å². The summed E-state index contributed by atoms with van der Waals surface area (Å²) >= 11 is 5.95. The molecule has 0 amide bonds. The highest BCUT2D eigenvalue weighted by molar-refractivity contribution is 6.20. The Morgan fingerprint density at radius 1 is 1.29 bits per heavy atom. The fraction of sp³-hybridized carbons (Fsp3) is 0.286. The normalized spacial score (nSPS) is 12.5. The Morgan fingerprint density at radius 3 is 2.71 bits per heavy atom. The van der Waals surface area contributed by atoms with Crippen molar-refractivity contribution in [2.45, 2.75) is 25.8 Å². The Balaban J connectivity index is 1.76. The summed E-state index contributed by atoms with van der Waals surface area (Å²) in [4.78, 5) is 4.36. The molecule has 6 nitrogen and oxygen atoms in total. The second kappa shape index (κ2) is 5.65. The van der Waals surface area contributed by atoms with E-state index in [2.05, 4.69) is 20.5 Å². The molecule has 1 unspecified atom stereocenters. The molecule has 3 aromatic rings. The van der Waals surface area contributed by atoms with Gasteiger partial charge in [-0.05, 0) is 13.8 Å². The van der Waals surface area contributed by atoms with Gasteiger partial charge in [0.1, 0.15) is 12.2 Å². The quantitative estimate of drug-likeness (QED) is 0.693. The number of rotatable bonds is 4. The van der Waals surface area contributed by atoms with Gasteiger partial charge in [0.05, 0.1) is 11.6 Å². The molecule has 1 atom stereocenters. The van der Waals surface area contributed by atoms with Gasteiger partial charge in [0.2, 0.25) is 11.7 Å². The zero-order valence-electron chi connectivity index (χ0n) is 11.7.